The predicted molar refractivity (Wildman–Crippen MR) is 118 cm³/mol. The van der Waals surface area contributed by atoms with Crippen LogP contribution in [0.5, 0.6) is 5.75 Å². The maximum Gasteiger partial charge on any atom is 0.270 e. The molecule has 0 aliphatic rings. The fourth-order valence-corrected chi connectivity index (χ4v) is 3.49. The summed E-state index contributed by atoms with van der Waals surface area (Å²) in [6.45, 7) is 0.0426. The number of nitrogens with zero attached hydrogens (tertiary/aromatic N) is 2. The zero-order valence-corrected chi connectivity index (χ0v) is 17.7. The number of ether oxygens (including phenoxy) is 1. The van der Waals surface area contributed by atoms with Crippen molar-refractivity contribution in [2.75, 3.05) is 7.11 Å². The highest BCUT2D eigenvalue weighted by Gasteiger charge is 2.15. The lowest BCUT2D eigenvalue weighted by Gasteiger charge is -2.13. The first-order valence-electron chi connectivity index (χ1n) is 9.65. The van der Waals surface area contributed by atoms with Gasteiger partial charge in [-0.25, -0.2) is 13.8 Å². The molecule has 0 aliphatic carbocycles. The number of aromatic nitrogens is 2. The van der Waals surface area contributed by atoms with E-state index in [1.165, 1.54) is 18.6 Å². The van der Waals surface area contributed by atoms with E-state index in [1.54, 1.807) is 23.8 Å². The summed E-state index contributed by atoms with van der Waals surface area (Å²) in [5.74, 6) is -1.64. The molecule has 1 heterocycles. The Kier molecular flexibility index (Phi) is 6.18. The van der Waals surface area contributed by atoms with Crippen molar-refractivity contribution >= 4 is 17.5 Å². The Morgan fingerprint density at radius 2 is 1.94 bits per heavy atom. The molecule has 162 valence electrons. The van der Waals surface area contributed by atoms with Gasteiger partial charge in [-0.1, -0.05) is 29.8 Å². The first-order chi connectivity index (χ1) is 15.5. The molecule has 1 N–H and O–H groups in total. The van der Waals surface area contributed by atoms with Crippen LogP contribution in [0.3, 0.4) is 0 Å². The van der Waals surface area contributed by atoms with Gasteiger partial charge >= 0.3 is 0 Å². The Hall–Kier alpha value is -3.71. The molecule has 4 aromatic rings. The van der Waals surface area contributed by atoms with Crippen LogP contribution in [0.2, 0.25) is 5.02 Å². The summed E-state index contributed by atoms with van der Waals surface area (Å²) in [5.41, 5.74) is 3.11. The Bertz CT molecular complexity index is 1290. The minimum absolute atomic E-state index is 0.0426. The van der Waals surface area contributed by atoms with Gasteiger partial charge in [0.1, 0.15) is 11.4 Å². The summed E-state index contributed by atoms with van der Waals surface area (Å²) in [6, 6.07) is 16.3. The Labute approximate surface area is 188 Å². The fraction of sp³-hybridized carbons (Fsp3) is 0.0833. The van der Waals surface area contributed by atoms with Gasteiger partial charge in [0.15, 0.2) is 11.6 Å². The highest BCUT2D eigenvalue weighted by atomic mass is 35.5. The van der Waals surface area contributed by atoms with Crippen LogP contribution in [0.25, 0.3) is 16.8 Å². The van der Waals surface area contributed by atoms with Crippen molar-refractivity contribution in [2.45, 2.75) is 6.54 Å². The highest BCUT2D eigenvalue weighted by molar-refractivity contribution is 6.31. The second kappa shape index (κ2) is 9.20. The average Bonchev–Trinajstić information content (AvgIpc) is 3.30. The molecule has 0 atom stereocenters. The van der Waals surface area contributed by atoms with Gasteiger partial charge in [-0.3, -0.25) is 9.36 Å². The summed E-state index contributed by atoms with van der Waals surface area (Å²) in [7, 11) is 1.59. The molecular formula is C24H18ClF2N3O2. The minimum atomic E-state index is -0.963. The standard InChI is InChI=1S/C24H18ClF2N3O2/c1-32-23-8-6-17(25)11-19(23)16-3-2-4-18(10-16)30-14-28-13-22(30)24(31)29-12-15-5-7-20(26)21(27)9-15/h2-11,13-14H,12H2,1H3,(H,29,31). The van der Waals surface area contributed by atoms with E-state index in [0.29, 0.717) is 27.7 Å². The number of hydrogen-bond donors (Lipinski definition) is 1. The van der Waals surface area contributed by atoms with E-state index in [4.69, 9.17) is 16.3 Å². The molecule has 5 nitrogen and oxygen atoms in total. The summed E-state index contributed by atoms with van der Waals surface area (Å²) in [4.78, 5) is 16.8. The van der Waals surface area contributed by atoms with E-state index in [0.717, 1.165) is 23.3 Å². The van der Waals surface area contributed by atoms with Gasteiger partial charge in [-0.15, -0.1) is 0 Å². The molecule has 0 radical (unpaired) electrons. The average molecular weight is 454 g/mol. The molecule has 4 rings (SSSR count). The van der Waals surface area contributed by atoms with E-state index in [2.05, 4.69) is 10.3 Å². The van der Waals surface area contributed by atoms with E-state index in [1.807, 2.05) is 30.3 Å². The molecule has 0 unspecified atom stereocenters. The Balaban J connectivity index is 1.59. The van der Waals surface area contributed by atoms with Gasteiger partial charge in [-0.05, 0) is 53.6 Å². The molecule has 1 amide bonds. The molecule has 0 spiro atoms. The predicted octanol–water partition coefficient (Wildman–Crippen LogP) is 5.41. The summed E-state index contributed by atoms with van der Waals surface area (Å²) >= 11 is 6.17. The van der Waals surface area contributed by atoms with Crippen LogP contribution in [0.4, 0.5) is 8.78 Å². The third-order valence-electron chi connectivity index (χ3n) is 4.91. The number of imidazole rings is 1. The lowest BCUT2D eigenvalue weighted by molar-refractivity contribution is 0.0944. The molecule has 0 fully saturated rings. The maximum absolute atomic E-state index is 13.4. The normalized spacial score (nSPS) is 10.8. The second-order valence-electron chi connectivity index (χ2n) is 6.97. The van der Waals surface area contributed by atoms with Gasteiger partial charge in [0.2, 0.25) is 0 Å². The first-order valence-corrected chi connectivity index (χ1v) is 10.0. The van der Waals surface area contributed by atoms with Crippen LogP contribution >= 0.6 is 11.6 Å². The topological polar surface area (TPSA) is 56.2 Å². The lowest BCUT2D eigenvalue weighted by Crippen LogP contribution is -2.25. The van der Waals surface area contributed by atoms with E-state index in [9.17, 15) is 13.6 Å². The molecule has 1 aromatic heterocycles. The Morgan fingerprint density at radius 1 is 1.09 bits per heavy atom. The van der Waals surface area contributed by atoms with Gasteiger partial charge in [0.25, 0.3) is 5.91 Å². The number of nitrogens with one attached hydrogen (secondary N) is 1. The summed E-state index contributed by atoms with van der Waals surface area (Å²) in [6.07, 6.45) is 2.97. The van der Waals surface area contributed by atoms with Crippen molar-refractivity contribution in [2.24, 2.45) is 0 Å². The van der Waals surface area contributed by atoms with E-state index >= 15 is 0 Å². The fourth-order valence-electron chi connectivity index (χ4n) is 3.32. The largest absolute Gasteiger partial charge is 0.496 e. The molecule has 0 saturated heterocycles. The van der Waals surface area contributed by atoms with Crippen molar-refractivity contribution in [3.05, 3.63) is 101 Å². The monoisotopic (exact) mass is 453 g/mol. The number of amides is 1. The van der Waals surface area contributed by atoms with Crippen molar-refractivity contribution in [3.63, 3.8) is 0 Å². The van der Waals surface area contributed by atoms with Crippen molar-refractivity contribution < 1.29 is 18.3 Å². The maximum atomic E-state index is 13.4. The zero-order valence-electron chi connectivity index (χ0n) is 17.0. The van der Waals surface area contributed by atoms with Crippen molar-refractivity contribution in [1.82, 2.24) is 14.9 Å². The number of benzene rings is 3. The van der Waals surface area contributed by atoms with Crippen LogP contribution in [-0.2, 0) is 6.54 Å². The van der Waals surface area contributed by atoms with Gasteiger partial charge in [0, 0.05) is 22.8 Å². The van der Waals surface area contributed by atoms with Gasteiger partial charge < -0.3 is 10.1 Å². The van der Waals surface area contributed by atoms with Crippen LogP contribution in [0, 0.1) is 11.6 Å². The summed E-state index contributed by atoms with van der Waals surface area (Å²) in [5, 5.41) is 3.28. The molecule has 0 bridgehead atoms. The number of rotatable bonds is 6. The minimum Gasteiger partial charge on any atom is -0.496 e. The molecule has 0 saturated carbocycles. The summed E-state index contributed by atoms with van der Waals surface area (Å²) < 4.78 is 33.6. The van der Waals surface area contributed by atoms with Gasteiger partial charge in [0.05, 0.1) is 19.6 Å². The van der Waals surface area contributed by atoms with Crippen molar-refractivity contribution in [3.8, 4) is 22.6 Å². The first kappa shape index (κ1) is 21.5. The lowest BCUT2D eigenvalue weighted by atomic mass is 10.0. The van der Waals surface area contributed by atoms with Crippen LogP contribution in [0.1, 0.15) is 16.1 Å². The Morgan fingerprint density at radius 3 is 2.72 bits per heavy atom. The van der Waals surface area contributed by atoms with E-state index in [-0.39, 0.29) is 6.54 Å². The number of halogens is 3. The third-order valence-corrected chi connectivity index (χ3v) is 5.14. The molecular weight excluding hydrogens is 436 g/mol. The number of hydrogen-bond acceptors (Lipinski definition) is 3. The molecule has 32 heavy (non-hydrogen) atoms. The quantitative estimate of drug-likeness (QED) is 0.424. The zero-order chi connectivity index (χ0) is 22.7. The van der Waals surface area contributed by atoms with Crippen LogP contribution < -0.4 is 10.1 Å². The van der Waals surface area contributed by atoms with Crippen LogP contribution in [-0.4, -0.2) is 22.6 Å². The smallest absolute Gasteiger partial charge is 0.270 e. The van der Waals surface area contributed by atoms with Gasteiger partial charge in [-0.2, -0.15) is 0 Å². The third kappa shape index (κ3) is 4.48. The van der Waals surface area contributed by atoms with Crippen molar-refractivity contribution in [1.29, 1.82) is 0 Å². The number of carbonyl (C=O) groups is 1. The second-order valence-corrected chi connectivity index (χ2v) is 7.41. The molecule has 3 aromatic carbocycles. The highest BCUT2D eigenvalue weighted by Crippen LogP contribution is 2.33. The molecule has 8 heteroatoms. The van der Waals surface area contributed by atoms with Crippen LogP contribution in [0.15, 0.2) is 73.2 Å². The van der Waals surface area contributed by atoms with E-state index < -0.39 is 17.5 Å². The number of methoxy groups -OCH3 is 1. The SMILES string of the molecule is COc1ccc(Cl)cc1-c1cccc(-n2cncc2C(=O)NCc2ccc(F)c(F)c2)c1. The molecule has 0 aliphatic heterocycles. The number of carbonyl (C=O) groups excluding carboxylic acids is 1.